The van der Waals surface area contributed by atoms with Crippen molar-refractivity contribution in [1.29, 1.82) is 0 Å². The van der Waals surface area contributed by atoms with Gasteiger partial charge >= 0.3 is 0 Å². The summed E-state index contributed by atoms with van der Waals surface area (Å²) in [5.41, 5.74) is 1.63. The minimum Gasteiger partial charge on any atom is -0.383 e. The van der Waals surface area contributed by atoms with Gasteiger partial charge in [0.05, 0.1) is 27.3 Å². The topological polar surface area (TPSA) is 29.9 Å². The lowest BCUT2D eigenvalue weighted by Gasteiger charge is -2.13. The number of methoxy groups -OCH3 is 1. The Hall–Kier alpha value is -0.470. The van der Waals surface area contributed by atoms with E-state index in [1.54, 1.807) is 13.2 Å². The first-order valence-electron chi connectivity index (χ1n) is 5.12. The first-order valence-corrected chi connectivity index (χ1v) is 6.61. The molecule has 0 saturated heterocycles. The zero-order valence-electron chi connectivity index (χ0n) is 9.46. The van der Waals surface area contributed by atoms with Crippen LogP contribution in [0.4, 0.5) is 4.39 Å². The number of hydrogen-bond donors (Lipinski definition) is 1. The van der Waals surface area contributed by atoms with E-state index in [4.69, 9.17) is 17.0 Å². The van der Waals surface area contributed by atoms with Gasteiger partial charge in [0.1, 0.15) is 5.82 Å². The quantitative estimate of drug-likeness (QED) is 0.664. The molecule has 0 aliphatic carbocycles. The molecule has 0 fully saturated rings. The summed E-state index contributed by atoms with van der Waals surface area (Å²) in [7, 11) is 1.64. The minimum absolute atomic E-state index is 0.0701. The van der Waals surface area contributed by atoms with E-state index in [-0.39, 0.29) is 11.9 Å². The van der Waals surface area contributed by atoms with E-state index in [0.29, 0.717) is 14.9 Å². The van der Waals surface area contributed by atoms with Gasteiger partial charge in [-0.2, -0.15) is 0 Å². The van der Waals surface area contributed by atoms with Gasteiger partial charge < -0.3 is 14.3 Å². The Morgan fingerprint density at radius 3 is 2.94 bits per heavy atom. The number of H-pyrrole nitrogens is 1. The summed E-state index contributed by atoms with van der Waals surface area (Å²) < 4.78 is 21.7. The molecule has 17 heavy (non-hydrogen) atoms. The Morgan fingerprint density at radius 1 is 1.59 bits per heavy atom. The number of imidazole rings is 1. The van der Waals surface area contributed by atoms with Crippen LogP contribution >= 0.6 is 34.8 Å². The number of nitrogens with zero attached hydrogens (tertiary/aromatic N) is 1. The Morgan fingerprint density at radius 2 is 2.29 bits per heavy atom. The van der Waals surface area contributed by atoms with Crippen molar-refractivity contribution in [2.45, 2.75) is 13.0 Å². The zero-order chi connectivity index (χ0) is 12.6. The number of ether oxygens (including phenoxy) is 1. The number of aromatic nitrogens is 2. The molecule has 0 saturated carbocycles. The standard InChI is InChI=1S/C11H12FIN2OS/c1-6(5-16-2)15-10-3-7(12)8(13)4-9(10)14-11(15)17/h3-4,6H,5H2,1-2H3,(H,14,17). The molecule has 1 unspecified atom stereocenters. The van der Waals surface area contributed by atoms with E-state index in [1.165, 1.54) is 6.07 Å². The van der Waals surface area contributed by atoms with Crippen molar-refractivity contribution >= 4 is 45.8 Å². The molecule has 0 aliphatic heterocycles. The second-order valence-corrected chi connectivity index (χ2v) is 5.44. The maximum absolute atomic E-state index is 13.6. The van der Waals surface area contributed by atoms with Crippen LogP contribution in [-0.4, -0.2) is 23.3 Å². The van der Waals surface area contributed by atoms with Gasteiger partial charge in [-0.05, 0) is 47.8 Å². The molecule has 0 aliphatic rings. The van der Waals surface area contributed by atoms with Crippen molar-refractivity contribution in [3.63, 3.8) is 0 Å². The highest BCUT2D eigenvalue weighted by Gasteiger charge is 2.13. The predicted octanol–water partition coefficient (Wildman–Crippen LogP) is 3.65. The lowest BCUT2D eigenvalue weighted by atomic mass is 10.3. The van der Waals surface area contributed by atoms with E-state index >= 15 is 0 Å². The van der Waals surface area contributed by atoms with Crippen LogP contribution in [0.1, 0.15) is 13.0 Å². The van der Waals surface area contributed by atoms with Crippen LogP contribution < -0.4 is 0 Å². The van der Waals surface area contributed by atoms with Gasteiger partial charge in [0, 0.05) is 13.2 Å². The number of hydrogen-bond acceptors (Lipinski definition) is 2. The highest BCUT2D eigenvalue weighted by atomic mass is 127. The van der Waals surface area contributed by atoms with Crippen LogP contribution in [0, 0.1) is 14.2 Å². The number of fused-ring (bicyclic) bond motifs is 1. The molecule has 0 amide bonds. The number of benzene rings is 1. The highest BCUT2D eigenvalue weighted by Crippen LogP contribution is 2.23. The normalized spacial score (nSPS) is 13.2. The second-order valence-electron chi connectivity index (χ2n) is 3.89. The molecular weight excluding hydrogens is 354 g/mol. The monoisotopic (exact) mass is 366 g/mol. The first kappa shape index (κ1) is 13.0. The van der Waals surface area contributed by atoms with Crippen molar-refractivity contribution in [1.82, 2.24) is 9.55 Å². The number of rotatable bonds is 3. The van der Waals surface area contributed by atoms with Gasteiger partial charge in [0.15, 0.2) is 4.77 Å². The molecule has 1 N–H and O–H groups in total. The zero-order valence-corrected chi connectivity index (χ0v) is 12.4. The minimum atomic E-state index is -0.231. The summed E-state index contributed by atoms with van der Waals surface area (Å²) >= 11 is 7.22. The molecule has 2 rings (SSSR count). The first-order chi connectivity index (χ1) is 8.04. The lowest BCUT2D eigenvalue weighted by molar-refractivity contribution is 0.163. The van der Waals surface area contributed by atoms with Gasteiger partial charge in [-0.1, -0.05) is 0 Å². The summed E-state index contributed by atoms with van der Waals surface area (Å²) in [5.74, 6) is -0.231. The van der Waals surface area contributed by atoms with Crippen LogP contribution in [0.2, 0.25) is 0 Å². The molecule has 1 aromatic carbocycles. The fraction of sp³-hybridized carbons (Fsp3) is 0.364. The van der Waals surface area contributed by atoms with E-state index in [0.717, 1.165) is 11.0 Å². The Balaban J connectivity index is 2.66. The van der Waals surface area contributed by atoms with Crippen molar-refractivity contribution in [3.8, 4) is 0 Å². The molecule has 0 bridgehead atoms. The fourth-order valence-corrected chi connectivity index (χ4v) is 2.73. The third-order valence-corrected chi connectivity index (χ3v) is 3.73. The maximum Gasteiger partial charge on any atom is 0.178 e. The number of nitrogens with one attached hydrogen (secondary N) is 1. The summed E-state index contributed by atoms with van der Waals surface area (Å²) in [5, 5.41) is 0. The van der Waals surface area contributed by atoms with E-state index in [9.17, 15) is 4.39 Å². The van der Waals surface area contributed by atoms with Crippen LogP contribution in [0.5, 0.6) is 0 Å². The second kappa shape index (κ2) is 5.03. The van der Waals surface area contributed by atoms with E-state index in [1.807, 2.05) is 34.1 Å². The van der Waals surface area contributed by atoms with Gasteiger partial charge in [-0.25, -0.2) is 4.39 Å². The molecule has 1 heterocycles. The maximum atomic E-state index is 13.6. The van der Waals surface area contributed by atoms with Crippen LogP contribution in [0.3, 0.4) is 0 Å². The Bertz CT molecular complexity index is 607. The summed E-state index contributed by atoms with van der Waals surface area (Å²) in [6.07, 6.45) is 0. The van der Waals surface area contributed by atoms with Crippen molar-refractivity contribution in [2.24, 2.45) is 0 Å². The molecule has 0 spiro atoms. The summed E-state index contributed by atoms with van der Waals surface area (Å²) in [4.78, 5) is 3.09. The van der Waals surface area contributed by atoms with Gasteiger partial charge in [-0.15, -0.1) is 0 Å². The van der Waals surface area contributed by atoms with Gasteiger partial charge in [-0.3, -0.25) is 0 Å². The molecule has 6 heteroatoms. The average molecular weight is 366 g/mol. The Labute approximate surface area is 117 Å². The number of halogens is 2. The van der Waals surface area contributed by atoms with Crippen molar-refractivity contribution in [3.05, 3.63) is 26.3 Å². The molecule has 92 valence electrons. The molecule has 3 nitrogen and oxygen atoms in total. The Kier molecular flexibility index (Phi) is 3.84. The average Bonchev–Trinajstić information content (AvgIpc) is 2.55. The smallest absolute Gasteiger partial charge is 0.178 e. The molecule has 1 atom stereocenters. The van der Waals surface area contributed by atoms with Crippen molar-refractivity contribution in [2.75, 3.05) is 13.7 Å². The van der Waals surface area contributed by atoms with Gasteiger partial charge in [0.25, 0.3) is 0 Å². The highest BCUT2D eigenvalue weighted by molar-refractivity contribution is 14.1. The molecule has 2 aromatic rings. The third kappa shape index (κ3) is 2.38. The summed E-state index contributed by atoms with van der Waals surface area (Å²) in [6, 6.07) is 3.34. The third-order valence-electron chi connectivity index (χ3n) is 2.61. The van der Waals surface area contributed by atoms with Crippen LogP contribution in [0.25, 0.3) is 11.0 Å². The largest absolute Gasteiger partial charge is 0.383 e. The molecule has 1 aromatic heterocycles. The van der Waals surface area contributed by atoms with Crippen LogP contribution in [-0.2, 0) is 4.74 Å². The summed E-state index contributed by atoms with van der Waals surface area (Å²) in [6.45, 7) is 2.53. The van der Waals surface area contributed by atoms with E-state index < -0.39 is 0 Å². The fourth-order valence-electron chi connectivity index (χ4n) is 1.87. The number of aromatic amines is 1. The van der Waals surface area contributed by atoms with Crippen molar-refractivity contribution < 1.29 is 9.13 Å². The van der Waals surface area contributed by atoms with E-state index in [2.05, 4.69) is 4.98 Å². The van der Waals surface area contributed by atoms with Crippen LogP contribution in [0.15, 0.2) is 12.1 Å². The molecular formula is C11H12FIN2OS. The predicted molar refractivity (Wildman–Crippen MR) is 76.4 cm³/mol. The molecule has 0 radical (unpaired) electrons. The van der Waals surface area contributed by atoms with Gasteiger partial charge in [0.2, 0.25) is 0 Å². The SMILES string of the molecule is COCC(C)n1c(=S)[nH]c2cc(I)c(F)cc21. The lowest BCUT2D eigenvalue weighted by Crippen LogP contribution is -2.11.